The molecule has 0 unspecified atom stereocenters. The summed E-state index contributed by atoms with van der Waals surface area (Å²) in [5.41, 5.74) is 6.41. The van der Waals surface area contributed by atoms with Crippen LogP contribution in [0.15, 0.2) is 23.1 Å². The van der Waals surface area contributed by atoms with Gasteiger partial charge in [-0.15, -0.1) is 0 Å². The highest BCUT2D eigenvalue weighted by atomic mass is 32.2. The second kappa shape index (κ2) is 5.94. The minimum atomic E-state index is -3.49. The van der Waals surface area contributed by atoms with Gasteiger partial charge in [-0.25, -0.2) is 12.7 Å². The number of sulfonamides is 1. The average molecular weight is 312 g/mol. The first-order valence-corrected chi connectivity index (χ1v) is 8.62. The van der Waals surface area contributed by atoms with Gasteiger partial charge >= 0.3 is 0 Å². The van der Waals surface area contributed by atoms with Crippen molar-refractivity contribution in [3.8, 4) is 5.75 Å². The fraction of sp³-hybridized carbons (Fsp3) is 0.600. The van der Waals surface area contributed by atoms with E-state index in [1.807, 2.05) is 13.8 Å². The molecule has 1 heterocycles. The highest BCUT2D eigenvalue weighted by molar-refractivity contribution is 7.89. The third kappa shape index (κ3) is 3.56. The molecule has 0 saturated heterocycles. The average Bonchev–Trinajstić information content (AvgIpc) is 2.46. The first-order chi connectivity index (χ1) is 9.76. The largest absolute Gasteiger partial charge is 0.493 e. The summed E-state index contributed by atoms with van der Waals surface area (Å²) in [5, 5.41) is 0. The fourth-order valence-corrected chi connectivity index (χ4v) is 3.84. The molecule has 0 aliphatic carbocycles. The molecule has 1 aromatic rings. The molecular weight excluding hydrogens is 288 g/mol. The van der Waals surface area contributed by atoms with Crippen molar-refractivity contribution in [3.05, 3.63) is 23.8 Å². The Labute approximate surface area is 127 Å². The monoisotopic (exact) mass is 312 g/mol. The van der Waals surface area contributed by atoms with Gasteiger partial charge in [-0.3, -0.25) is 0 Å². The Morgan fingerprint density at radius 2 is 2.10 bits per heavy atom. The van der Waals surface area contributed by atoms with Crippen molar-refractivity contribution in [2.45, 2.75) is 31.6 Å². The van der Waals surface area contributed by atoms with Crippen LogP contribution in [0.2, 0.25) is 0 Å². The van der Waals surface area contributed by atoms with Gasteiger partial charge in [0.05, 0.1) is 11.5 Å². The van der Waals surface area contributed by atoms with Gasteiger partial charge in [-0.2, -0.15) is 0 Å². The van der Waals surface area contributed by atoms with Crippen molar-refractivity contribution in [1.29, 1.82) is 0 Å². The maximum atomic E-state index is 12.7. The Bertz CT molecular complexity index is 611. The molecule has 21 heavy (non-hydrogen) atoms. The third-order valence-electron chi connectivity index (χ3n) is 3.79. The number of hydrogen-bond donors (Lipinski definition) is 1. The van der Waals surface area contributed by atoms with Crippen molar-refractivity contribution in [3.63, 3.8) is 0 Å². The lowest BCUT2D eigenvalue weighted by molar-refractivity contribution is 0.287. The zero-order valence-corrected chi connectivity index (χ0v) is 13.7. The van der Waals surface area contributed by atoms with Gasteiger partial charge in [0.2, 0.25) is 10.0 Å². The van der Waals surface area contributed by atoms with Crippen LogP contribution in [0.4, 0.5) is 0 Å². The van der Waals surface area contributed by atoms with Crippen molar-refractivity contribution >= 4 is 10.0 Å². The first-order valence-electron chi connectivity index (χ1n) is 7.18. The van der Waals surface area contributed by atoms with E-state index in [4.69, 9.17) is 10.5 Å². The van der Waals surface area contributed by atoms with Gasteiger partial charge in [-0.05, 0) is 48.6 Å². The molecular formula is C15H24N2O3S. The SMILES string of the molecule is CN(CC(C)(C)CN)S(=O)(=O)c1ccc2c(c1)CCCO2. The lowest BCUT2D eigenvalue weighted by Gasteiger charge is -2.28. The number of ether oxygens (including phenoxy) is 1. The Morgan fingerprint density at radius 1 is 1.38 bits per heavy atom. The van der Waals surface area contributed by atoms with Crippen molar-refractivity contribution in [2.75, 3.05) is 26.7 Å². The van der Waals surface area contributed by atoms with Crippen LogP contribution in [0.25, 0.3) is 0 Å². The van der Waals surface area contributed by atoms with Gasteiger partial charge in [0, 0.05) is 13.6 Å². The summed E-state index contributed by atoms with van der Waals surface area (Å²) in [7, 11) is -1.89. The van der Waals surface area contributed by atoms with Crippen molar-refractivity contribution in [1.82, 2.24) is 4.31 Å². The number of fused-ring (bicyclic) bond motifs is 1. The molecule has 0 aromatic heterocycles. The number of hydrogen-bond acceptors (Lipinski definition) is 4. The standard InChI is InChI=1S/C15H24N2O3S/c1-15(2,10-16)11-17(3)21(18,19)13-6-7-14-12(9-13)5-4-8-20-14/h6-7,9H,4-5,8,10-11,16H2,1-3H3. The molecule has 1 aliphatic heterocycles. The lowest BCUT2D eigenvalue weighted by Crippen LogP contribution is -2.39. The van der Waals surface area contributed by atoms with E-state index in [1.54, 1.807) is 25.2 Å². The molecule has 0 atom stereocenters. The molecule has 0 radical (unpaired) electrons. The van der Waals surface area contributed by atoms with Crippen LogP contribution in [0.5, 0.6) is 5.75 Å². The maximum absolute atomic E-state index is 12.7. The van der Waals surface area contributed by atoms with E-state index in [0.29, 0.717) is 24.6 Å². The van der Waals surface area contributed by atoms with Crippen LogP contribution in [0.1, 0.15) is 25.8 Å². The van der Waals surface area contributed by atoms with E-state index >= 15 is 0 Å². The summed E-state index contributed by atoms with van der Waals surface area (Å²) in [5.74, 6) is 0.796. The van der Waals surface area contributed by atoms with E-state index in [0.717, 1.165) is 24.2 Å². The van der Waals surface area contributed by atoms with Gasteiger partial charge in [0.15, 0.2) is 0 Å². The van der Waals surface area contributed by atoms with Crippen LogP contribution in [0.3, 0.4) is 0 Å². The number of nitrogens with zero attached hydrogens (tertiary/aromatic N) is 1. The molecule has 5 nitrogen and oxygen atoms in total. The molecule has 118 valence electrons. The van der Waals surface area contributed by atoms with Gasteiger partial charge < -0.3 is 10.5 Å². The fourth-order valence-electron chi connectivity index (χ4n) is 2.43. The molecule has 0 saturated carbocycles. The van der Waals surface area contributed by atoms with E-state index in [2.05, 4.69) is 0 Å². The normalized spacial score (nSPS) is 15.7. The summed E-state index contributed by atoms with van der Waals surface area (Å²) in [4.78, 5) is 0.321. The molecule has 2 N–H and O–H groups in total. The zero-order valence-electron chi connectivity index (χ0n) is 12.9. The van der Waals surface area contributed by atoms with Crippen LogP contribution < -0.4 is 10.5 Å². The van der Waals surface area contributed by atoms with Crippen LogP contribution >= 0.6 is 0 Å². The molecule has 1 aliphatic rings. The van der Waals surface area contributed by atoms with Gasteiger partial charge in [0.1, 0.15) is 5.75 Å². The second-order valence-corrected chi connectivity index (χ2v) is 8.40. The van der Waals surface area contributed by atoms with E-state index in [1.165, 1.54) is 4.31 Å². The quantitative estimate of drug-likeness (QED) is 0.896. The minimum absolute atomic E-state index is 0.251. The number of rotatable bonds is 5. The topological polar surface area (TPSA) is 72.6 Å². The predicted molar refractivity (Wildman–Crippen MR) is 82.9 cm³/mol. The molecule has 0 bridgehead atoms. The molecule has 0 spiro atoms. The van der Waals surface area contributed by atoms with Crippen LogP contribution in [-0.2, 0) is 16.4 Å². The second-order valence-electron chi connectivity index (χ2n) is 6.35. The van der Waals surface area contributed by atoms with E-state index < -0.39 is 10.0 Å². The van der Waals surface area contributed by atoms with Crippen molar-refractivity contribution in [2.24, 2.45) is 11.1 Å². The van der Waals surface area contributed by atoms with Crippen molar-refractivity contribution < 1.29 is 13.2 Å². The minimum Gasteiger partial charge on any atom is -0.493 e. The van der Waals surface area contributed by atoms with E-state index in [9.17, 15) is 8.42 Å². The molecule has 0 amide bonds. The summed E-state index contributed by atoms with van der Waals surface area (Å²) in [6.07, 6.45) is 1.78. The number of aryl methyl sites for hydroxylation is 1. The van der Waals surface area contributed by atoms with Gasteiger partial charge in [0.25, 0.3) is 0 Å². The highest BCUT2D eigenvalue weighted by Crippen LogP contribution is 2.29. The van der Waals surface area contributed by atoms with Crippen LogP contribution in [-0.4, -0.2) is 39.5 Å². The summed E-state index contributed by atoms with van der Waals surface area (Å²) < 4.78 is 32.2. The predicted octanol–water partition coefficient (Wildman–Crippen LogP) is 1.62. The molecule has 2 rings (SSSR count). The smallest absolute Gasteiger partial charge is 0.242 e. The molecule has 0 fully saturated rings. The third-order valence-corrected chi connectivity index (χ3v) is 5.59. The van der Waals surface area contributed by atoms with Crippen LogP contribution in [0, 0.1) is 5.41 Å². The lowest BCUT2D eigenvalue weighted by atomic mass is 9.94. The van der Waals surface area contributed by atoms with E-state index in [-0.39, 0.29) is 5.41 Å². The Balaban J connectivity index is 2.27. The zero-order chi connectivity index (χ0) is 15.7. The maximum Gasteiger partial charge on any atom is 0.242 e. The van der Waals surface area contributed by atoms with Gasteiger partial charge in [-0.1, -0.05) is 13.8 Å². The Kier molecular flexibility index (Phi) is 4.60. The molecule has 6 heteroatoms. The Morgan fingerprint density at radius 3 is 2.76 bits per heavy atom. The number of nitrogens with two attached hydrogens (primary N) is 1. The number of benzene rings is 1. The summed E-state index contributed by atoms with van der Waals surface area (Å²) >= 11 is 0. The summed E-state index contributed by atoms with van der Waals surface area (Å²) in [6.45, 7) is 5.44. The Hall–Kier alpha value is -1.11. The molecule has 1 aromatic carbocycles. The summed E-state index contributed by atoms with van der Waals surface area (Å²) in [6, 6.07) is 5.10. The first kappa shape index (κ1) is 16.3. The highest BCUT2D eigenvalue weighted by Gasteiger charge is 2.28.